The molecule has 0 bridgehead atoms. The molecule has 10 heteroatoms. The van der Waals surface area contributed by atoms with Crippen molar-refractivity contribution in [3.63, 3.8) is 0 Å². The topological polar surface area (TPSA) is 101 Å². The summed E-state index contributed by atoms with van der Waals surface area (Å²) >= 11 is 6.26. The van der Waals surface area contributed by atoms with E-state index in [0.29, 0.717) is 28.1 Å². The molecule has 0 radical (unpaired) electrons. The zero-order chi connectivity index (χ0) is 25.7. The first kappa shape index (κ1) is 25.2. The molecule has 36 heavy (non-hydrogen) atoms. The number of ether oxygens (including phenoxy) is 1. The van der Waals surface area contributed by atoms with E-state index in [4.69, 9.17) is 16.3 Å². The lowest BCUT2D eigenvalue weighted by Gasteiger charge is -2.22. The third kappa shape index (κ3) is 5.99. The first-order valence-electron chi connectivity index (χ1n) is 10.8. The van der Waals surface area contributed by atoms with Gasteiger partial charge < -0.3 is 4.74 Å². The van der Waals surface area contributed by atoms with E-state index in [1.807, 2.05) is 24.3 Å². The van der Waals surface area contributed by atoms with Crippen molar-refractivity contribution in [1.29, 1.82) is 0 Å². The molecule has 0 aliphatic carbocycles. The summed E-state index contributed by atoms with van der Waals surface area (Å²) in [5.41, 5.74) is 5.37. The number of pyridine rings is 1. The third-order valence-corrected chi connectivity index (χ3v) is 6.81. The van der Waals surface area contributed by atoms with Crippen LogP contribution in [-0.4, -0.2) is 38.9 Å². The second-order valence-electron chi connectivity index (χ2n) is 7.93. The molecule has 4 aromatic rings. The van der Waals surface area contributed by atoms with Crippen LogP contribution in [0.2, 0.25) is 5.15 Å². The quantitative estimate of drug-likeness (QED) is 0.206. The van der Waals surface area contributed by atoms with Crippen LogP contribution in [0.5, 0.6) is 5.75 Å². The van der Waals surface area contributed by atoms with E-state index < -0.39 is 15.9 Å². The molecule has 0 aliphatic rings. The van der Waals surface area contributed by atoms with Crippen LogP contribution < -0.4 is 14.5 Å². The number of nitrogens with one attached hydrogen (secondary N) is 1. The van der Waals surface area contributed by atoms with Crippen molar-refractivity contribution in [1.82, 2.24) is 10.4 Å². The van der Waals surface area contributed by atoms with Crippen LogP contribution in [0, 0.1) is 0 Å². The molecule has 0 spiro atoms. The van der Waals surface area contributed by atoms with Gasteiger partial charge >= 0.3 is 0 Å². The Morgan fingerprint density at radius 2 is 1.81 bits per heavy atom. The number of fused-ring (bicyclic) bond motifs is 1. The molecule has 3 aromatic carbocycles. The molecule has 4 rings (SSSR count). The van der Waals surface area contributed by atoms with Crippen LogP contribution in [0.3, 0.4) is 0 Å². The molecule has 0 unspecified atom stereocenters. The largest absolute Gasteiger partial charge is 0.497 e. The zero-order valence-corrected chi connectivity index (χ0v) is 21.1. The normalized spacial score (nSPS) is 11.5. The first-order valence-corrected chi connectivity index (χ1v) is 13.1. The van der Waals surface area contributed by atoms with Crippen LogP contribution in [-0.2, 0) is 16.6 Å². The van der Waals surface area contributed by atoms with Gasteiger partial charge in [0.05, 0.1) is 37.3 Å². The van der Waals surface area contributed by atoms with Crippen molar-refractivity contribution in [3.8, 4) is 5.75 Å². The van der Waals surface area contributed by atoms with E-state index in [9.17, 15) is 13.2 Å². The number of aromatic nitrogens is 1. The second kappa shape index (κ2) is 10.8. The Hall–Kier alpha value is -3.95. The van der Waals surface area contributed by atoms with Crippen molar-refractivity contribution in [2.45, 2.75) is 6.54 Å². The maximum absolute atomic E-state index is 12.5. The Morgan fingerprint density at radius 3 is 2.47 bits per heavy atom. The van der Waals surface area contributed by atoms with Crippen molar-refractivity contribution >= 4 is 50.3 Å². The van der Waals surface area contributed by atoms with E-state index in [0.717, 1.165) is 17.2 Å². The standard InChI is InChI=1S/C26H23ClN4O4S/c1-35-23-13-12-20-14-21(25(27)29-24(20)15-23)16-28-30-26(32)19-10-8-18(9-11-19)17-31(36(2,33)34)22-6-4-3-5-7-22/h3-16H,17H2,1-2H3,(H,30,32)/b28-16-. The molecule has 0 aliphatic heterocycles. The summed E-state index contributed by atoms with van der Waals surface area (Å²) in [6.07, 6.45) is 2.59. The zero-order valence-electron chi connectivity index (χ0n) is 19.6. The molecular weight excluding hydrogens is 500 g/mol. The predicted molar refractivity (Wildman–Crippen MR) is 142 cm³/mol. The minimum atomic E-state index is -3.49. The molecule has 1 heterocycles. The highest BCUT2D eigenvalue weighted by Gasteiger charge is 2.18. The lowest BCUT2D eigenvalue weighted by Crippen LogP contribution is -2.29. The van der Waals surface area contributed by atoms with Gasteiger partial charge in [0.1, 0.15) is 10.9 Å². The molecule has 8 nitrogen and oxygen atoms in total. The molecule has 1 N–H and O–H groups in total. The average molecular weight is 523 g/mol. The number of halogens is 1. The highest BCUT2D eigenvalue weighted by molar-refractivity contribution is 7.92. The van der Waals surface area contributed by atoms with Gasteiger partial charge in [-0.15, -0.1) is 0 Å². The predicted octanol–water partition coefficient (Wildman–Crippen LogP) is 4.63. The molecule has 184 valence electrons. The van der Waals surface area contributed by atoms with Crippen LogP contribution in [0.25, 0.3) is 10.9 Å². The molecular formula is C26H23ClN4O4S. The molecule has 1 aromatic heterocycles. The summed E-state index contributed by atoms with van der Waals surface area (Å²) < 4.78 is 31.1. The average Bonchev–Trinajstić information content (AvgIpc) is 2.87. The van der Waals surface area contributed by atoms with Gasteiger partial charge in [-0.25, -0.2) is 18.8 Å². The Balaban J connectivity index is 1.43. The summed E-state index contributed by atoms with van der Waals surface area (Å²) in [6.45, 7) is 0.141. The van der Waals surface area contributed by atoms with Gasteiger partial charge in [0, 0.05) is 22.6 Å². The SMILES string of the molecule is COc1ccc2cc(/C=N\NC(=O)c3ccc(CN(c4ccccc4)S(C)(=O)=O)cc3)c(Cl)nc2c1. The van der Waals surface area contributed by atoms with E-state index in [-0.39, 0.29) is 11.7 Å². The fraction of sp³-hybridized carbons (Fsp3) is 0.115. The van der Waals surface area contributed by atoms with Crippen molar-refractivity contribution in [3.05, 3.63) is 101 Å². The Labute approximate surface area is 214 Å². The maximum atomic E-state index is 12.5. The smallest absolute Gasteiger partial charge is 0.271 e. The minimum absolute atomic E-state index is 0.141. The van der Waals surface area contributed by atoms with Crippen molar-refractivity contribution < 1.29 is 17.9 Å². The number of hydrazone groups is 1. The lowest BCUT2D eigenvalue weighted by atomic mass is 10.1. The minimum Gasteiger partial charge on any atom is -0.497 e. The number of carbonyl (C=O) groups excluding carboxylic acids is 1. The van der Waals surface area contributed by atoms with Crippen molar-refractivity contribution in [2.24, 2.45) is 5.10 Å². The fourth-order valence-corrected chi connectivity index (χ4v) is 4.59. The molecule has 0 saturated carbocycles. The van der Waals surface area contributed by atoms with Crippen LogP contribution >= 0.6 is 11.6 Å². The number of para-hydroxylation sites is 1. The number of sulfonamides is 1. The summed E-state index contributed by atoms with van der Waals surface area (Å²) in [4.78, 5) is 16.9. The van der Waals surface area contributed by atoms with Gasteiger partial charge in [-0.3, -0.25) is 9.10 Å². The van der Waals surface area contributed by atoms with Gasteiger partial charge in [0.25, 0.3) is 5.91 Å². The van der Waals surface area contributed by atoms with Gasteiger partial charge in [0.15, 0.2) is 0 Å². The molecule has 0 atom stereocenters. The highest BCUT2D eigenvalue weighted by atomic mass is 35.5. The van der Waals surface area contributed by atoms with Crippen LogP contribution in [0.1, 0.15) is 21.5 Å². The Morgan fingerprint density at radius 1 is 1.08 bits per heavy atom. The Bertz CT molecular complexity index is 1530. The number of benzene rings is 3. The number of hydrogen-bond donors (Lipinski definition) is 1. The number of anilines is 1. The highest BCUT2D eigenvalue weighted by Crippen LogP contribution is 2.23. The van der Waals surface area contributed by atoms with E-state index in [2.05, 4.69) is 15.5 Å². The Kier molecular flexibility index (Phi) is 7.52. The summed E-state index contributed by atoms with van der Waals surface area (Å²) in [7, 11) is -1.91. The summed E-state index contributed by atoms with van der Waals surface area (Å²) in [5, 5.41) is 5.09. The summed E-state index contributed by atoms with van der Waals surface area (Å²) in [5.74, 6) is 0.255. The number of nitrogens with zero attached hydrogens (tertiary/aromatic N) is 3. The second-order valence-corrected chi connectivity index (χ2v) is 10.2. The lowest BCUT2D eigenvalue weighted by molar-refractivity contribution is 0.0955. The first-order chi connectivity index (χ1) is 17.2. The summed E-state index contributed by atoms with van der Waals surface area (Å²) in [6, 6.07) is 22.8. The van der Waals surface area contributed by atoms with Crippen LogP contribution in [0.4, 0.5) is 5.69 Å². The van der Waals surface area contributed by atoms with E-state index in [1.165, 1.54) is 10.5 Å². The van der Waals surface area contributed by atoms with Crippen molar-refractivity contribution in [2.75, 3.05) is 17.7 Å². The number of rotatable bonds is 8. The van der Waals surface area contributed by atoms with Gasteiger partial charge in [-0.2, -0.15) is 5.10 Å². The molecule has 0 saturated heterocycles. The number of methoxy groups -OCH3 is 1. The number of hydrogen-bond acceptors (Lipinski definition) is 6. The number of amides is 1. The van der Waals surface area contributed by atoms with Gasteiger partial charge in [-0.05, 0) is 48.0 Å². The molecule has 1 amide bonds. The third-order valence-electron chi connectivity index (χ3n) is 5.36. The van der Waals surface area contributed by atoms with Gasteiger partial charge in [-0.1, -0.05) is 41.9 Å². The van der Waals surface area contributed by atoms with E-state index in [1.54, 1.807) is 61.7 Å². The van der Waals surface area contributed by atoms with E-state index >= 15 is 0 Å². The maximum Gasteiger partial charge on any atom is 0.271 e. The van der Waals surface area contributed by atoms with Gasteiger partial charge in [0.2, 0.25) is 10.0 Å². The fourth-order valence-electron chi connectivity index (χ4n) is 3.50. The number of carbonyl (C=O) groups is 1. The monoisotopic (exact) mass is 522 g/mol. The van der Waals surface area contributed by atoms with Crippen LogP contribution in [0.15, 0.2) is 84.0 Å². The molecule has 0 fully saturated rings.